The molecule has 0 saturated carbocycles. The summed E-state index contributed by atoms with van der Waals surface area (Å²) in [5.41, 5.74) is 0.00459. The minimum absolute atomic E-state index is 0.211. The van der Waals surface area contributed by atoms with E-state index in [0.717, 1.165) is 6.26 Å². The van der Waals surface area contributed by atoms with Crippen molar-refractivity contribution in [1.82, 2.24) is 0 Å². The molecule has 0 radical (unpaired) electrons. The summed E-state index contributed by atoms with van der Waals surface area (Å²) >= 11 is 0. The summed E-state index contributed by atoms with van der Waals surface area (Å²) < 4.78 is 29.8. The quantitative estimate of drug-likeness (QED) is 0.780. The molecule has 9 heteroatoms. The van der Waals surface area contributed by atoms with Gasteiger partial charge in [0.2, 0.25) is 10.0 Å². The fourth-order valence-corrected chi connectivity index (χ4v) is 2.05. The molecule has 0 heterocycles. The lowest BCUT2D eigenvalue weighted by molar-refractivity contribution is 0.417. The van der Waals surface area contributed by atoms with Crippen molar-refractivity contribution in [2.75, 3.05) is 23.4 Å². The summed E-state index contributed by atoms with van der Waals surface area (Å²) in [6.07, 6.45) is 1.00. The van der Waals surface area contributed by atoms with E-state index in [0.29, 0.717) is 5.69 Å². The lowest BCUT2D eigenvalue weighted by atomic mass is 10.2. The normalized spacial score (nSPS) is 9.59. The third-order valence-corrected chi connectivity index (χ3v) is 2.94. The maximum absolute atomic E-state index is 11.2. The van der Waals surface area contributed by atoms with Crippen molar-refractivity contribution in [3.8, 4) is 24.0 Å². The highest BCUT2D eigenvalue weighted by atomic mass is 32.2. The van der Waals surface area contributed by atoms with Gasteiger partial charge in [0.15, 0.2) is 5.57 Å². The van der Waals surface area contributed by atoms with Crippen LogP contribution < -0.4 is 14.8 Å². The number of anilines is 2. The van der Waals surface area contributed by atoms with Gasteiger partial charge in [-0.05, 0) is 12.1 Å². The van der Waals surface area contributed by atoms with Crippen LogP contribution in [0.15, 0.2) is 29.5 Å². The molecule has 0 spiro atoms. The largest absolute Gasteiger partial charge is 0.494 e. The molecule has 0 aliphatic rings. The van der Waals surface area contributed by atoms with E-state index in [-0.39, 0.29) is 22.7 Å². The molecule has 0 aromatic heterocycles. The highest BCUT2D eigenvalue weighted by molar-refractivity contribution is 7.92. The number of nitrogens with one attached hydrogen (secondary N) is 2. The van der Waals surface area contributed by atoms with Crippen LogP contribution in [0.5, 0.6) is 5.75 Å². The number of sulfonamides is 1. The molecular formula is C13H11N5O3S. The molecule has 0 amide bonds. The molecule has 1 aromatic carbocycles. The minimum atomic E-state index is -3.47. The maximum atomic E-state index is 11.2. The van der Waals surface area contributed by atoms with Gasteiger partial charge < -0.3 is 10.1 Å². The standard InChI is InChI=1S/C13H11N5O3S/c1-21-13-5-10(3-4-11(13)18-22(2,19)20)17-12(8-16)9(6-14)7-15/h3-5,17-18H,1-2H3. The van der Waals surface area contributed by atoms with Gasteiger partial charge in [0, 0.05) is 11.8 Å². The maximum Gasteiger partial charge on any atom is 0.229 e. The zero-order chi connectivity index (χ0) is 16.8. The third kappa shape index (κ3) is 4.41. The van der Waals surface area contributed by atoms with E-state index in [4.69, 9.17) is 20.5 Å². The molecule has 0 saturated heterocycles. The van der Waals surface area contributed by atoms with Gasteiger partial charge in [0.05, 0.1) is 19.1 Å². The van der Waals surface area contributed by atoms with Crippen LogP contribution in [0.3, 0.4) is 0 Å². The Balaban J connectivity index is 3.21. The summed E-state index contributed by atoms with van der Waals surface area (Å²) in [6.45, 7) is 0. The first-order valence-electron chi connectivity index (χ1n) is 5.72. The van der Waals surface area contributed by atoms with Crippen molar-refractivity contribution in [3.63, 3.8) is 0 Å². The predicted octanol–water partition coefficient (Wildman–Crippen LogP) is 1.30. The van der Waals surface area contributed by atoms with Crippen molar-refractivity contribution in [3.05, 3.63) is 29.5 Å². The zero-order valence-corrected chi connectivity index (χ0v) is 12.5. The van der Waals surface area contributed by atoms with E-state index in [2.05, 4.69) is 10.0 Å². The number of ether oxygens (including phenoxy) is 1. The molecule has 0 aliphatic heterocycles. The van der Waals surface area contributed by atoms with Gasteiger partial charge in [-0.15, -0.1) is 0 Å². The second kappa shape index (κ2) is 6.98. The Bertz CT molecular complexity index is 822. The Morgan fingerprint density at radius 3 is 2.27 bits per heavy atom. The van der Waals surface area contributed by atoms with Crippen LogP contribution in [0.1, 0.15) is 0 Å². The van der Waals surface area contributed by atoms with Crippen molar-refractivity contribution in [2.45, 2.75) is 0 Å². The molecule has 0 aliphatic carbocycles. The number of benzene rings is 1. The molecule has 112 valence electrons. The summed E-state index contributed by atoms with van der Waals surface area (Å²) in [5.74, 6) is 0.211. The van der Waals surface area contributed by atoms with Crippen molar-refractivity contribution in [2.24, 2.45) is 0 Å². The van der Waals surface area contributed by atoms with E-state index in [9.17, 15) is 8.42 Å². The van der Waals surface area contributed by atoms with E-state index >= 15 is 0 Å². The van der Waals surface area contributed by atoms with Gasteiger partial charge >= 0.3 is 0 Å². The predicted molar refractivity (Wildman–Crippen MR) is 78.9 cm³/mol. The Labute approximate surface area is 127 Å². The average molecular weight is 317 g/mol. The van der Waals surface area contributed by atoms with Crippen LogP contribution in [0, 0.1) is 34.0 Å². The van der Waals surface area contributed by atoms with E-state index in [1.165, 1.54) is 25.3 Å². The Kier molecular flexibility index (Phi) is 5.34. The first-order valence-corrected chi connectivity index (χ1v) is 7.61. The molecular weight excluding hydrogens is 306 g/mol. The Morgan fingerprint density at radius 1 is 1.18 bits per heavy atom. The molecule has 2 N–H and O–H groups in total. The van der Waals surface area contributed by atoms with E-state index in [1.807, 2.05) is 0 Å². The van der Waals surface area contributed by atoms with Crippen LogP contribution in [0.2, 0.25) is 0 Å². The highest BCUT2D eigenvalue weighted by Gasteiger charge is 2.11. The summed E-state index contributed by atoms with van der Waals surface area (Å²) in [6, 6.07) is 9.25. The topological polar surface area (TPSA) is 139 Å². The fourth-order valence-electron chi connectivity index (χ4n) is 1.48. The van der Waals surface area contributed by atoms with E-state index in [1.54, 1.807) is 18.2 Å². The van der Waals surface area contributed by atoms with Gasteiger partial charge in [-0.2, -0.15) is 15.8 Å². The Morgan fingerprint density at radius 2 is 1.82 bits per heavy atom. The number of hydrogen-bond acceptors (Lipinski definition) is 7. The third-order valence-electron chi connectivity index (χ3n) is 2.35. The Hall–Kier alpha value is -3.22. The van der Waals surface area contributed by atoms with Crippen LogP contribution >= 0.6 is 0 Å². The van der Waals surface area contributed by atoms with Gasteiger partial charge in [0.25, 0.3) is 0 Å². The van der Waals surface area contributed by atoms with Crippen LogP contribution in [0.4, 0.5) is 11.4 Å². The fraction of sp³-hybridized carbons (Fsp3) is 0.154. The highest BCUT2D eigenvalue weighted by Crippen LogP contribution is 2.29. The smallest absolute Gasteiger partial charge is 0.229 e. The molecule has 0 atom stereocenters. The van der Waals surface area contributed by atoms with Gasteiger partial charge in [-0.25, -0.2) is 8.42 Å². The van der Waals surface area contributed by atoms with Crippen LogP contribution in [-0.2, 0) is 10.0 Å². The molecule has 22 heavy (non-hydrogen) atoms. The van der Waals surface area contributed by atoms with Crippen molar-refractivity contribution >= 4 is 21.4 Å². The number of nitrogens with zero attached hydrogens (tertiary/aromatic N) is 3. The zero-order valence-electron chi connectivity index (χ0n) is 11.7. The van der Waals surface area contributed by atoms with Gasteiger partial charge in [-0.1, -0.05) is 0 Å². The number of allylic oxidation sites excluding steroid dienone is 2. The summed E-state index contributed by atoms with van der Waals surface area (Å²) in [5, 5.41) is 29.1. The number of hydrogen-bond donors (Lipinski definition) is 2. The second-order valence-corrected chi connectivity index (χ2v) is 5.75. The minimum Gasteiger partial charge on any atom is -0.494 e. The SMILES string of the molecule is COc1cc(NC(C#N)=C(C#N)C#N)ccc1NS(C)(=O)=O. The average Bonchev–Trinajstić information content (AvgIpc) is 2.47. The first kappa shape index (κ1) is 16.8. The molecule has 8 nitrogen and oxygen atoms in total. The van der Waals surface area contributed by atoms with E-state index < -0.39 is 10.0 Å². The van der Waals surface area contributed by atoms with Gasteiger partial charge in [0.1, 0.15) is 29.7 Å². The second-order valence-electron chi connectivity index (χ2n) is 4.00. The molecule has 1 aromatic rings. The number of rotatable bonds is 5. The number of nitriles is 3. The van der Waals surface area contributed by atoms with Crippen LogP contribution in [-0.4, -0.2) is 21.8 Å². The number of methoxy groups -OCH3 is 1. The lowest BCUT2D eigenvalue weighted by Gasteiger charge is -2.12. The summed E-state index contributed by atoms with van der Waals surface area (Å²) in [7, 11) is -2.12. The van der Waals surface area contributed by atoms with Crippen LogP contribution in [0.25, 0.3) is 0 Å². The van der Waals surface area contributed by atoms with Gasteiger partial charge in [-0.3, -0.25) is 4.72 Å². The summed E-state index contributed by atoms with van der Waals surface area (Å²) in [4.78, 5) is 0. The molecule has 1 rings (SSSR count). The lowest BCUT2D eigenvalue weighted by Crippen LogP contribution is -2.10. The molecule has 0 unspecified atom stereocenters. The van der Waals surface area contributed by atoms with Crippen molar-refractivity contribution < 1.29 is 13.2 Å². The molecule has 0 bridgehead atoms. The van der Waals surface area contributed by atoms with Crippen molar-refractivity contribution in [1.29, 1.82) is 15.8 Å². The first-order chi connectivity index (χ1) is 10.3. The molecule has 0 fully saturated rings. The monoisotopic (exact) mass is 317 g/mol.